The number of halogens is 1. The molecular formula is C18H19BrNO2+. The average Bonchev–Trinajstić information content (AvgIpc) is 2.54. The van der Waals surface area contributed by atoms with Gasteiger partial charge in [-0.15, -0.1) is 17.0 Å². The summed E-state index contributed by atoms with van der Waals surface area (Å²) in [5.74, 6) is 0.131. The zero-order chi connectivity index (χ0) is 13.9. The highest BCUT2D eigenvalue weighted by atomic mass is 79.9. The Labute approximate surface area is 140 Å². The molecule has 3 aromatic rings. The van der Waals surface area contributed by atoms with Crippen molar-refractivity contribution >= 4 is 33.7 Å². The molecule has 2 aromatic carbocycles. The van der Waals surface area contributed by atoms with Gasteiger partial charge in [-0.25, -0.2) is 0 Å². The third kappa shape index (κ3) is 3.40. The molecule has 4 heteroatoms. The van der Waals surface area contributed by atoms with Crippen LogP contribution in [0.2, 0.25) is 0 Å². The van der Waals surface area contributed by atoms with E-state index < -0.39 is 0 Å². The van der Waals surface area contributed by atoms with Crippen LogP contribution in [0.15, 0.2) is 72.9 Å². The first-order valence-corrected chi connectivity index (χ1v) is 6.75. The van der Waals surface area contributed by atoms with E-state index >= 15 is 0 Å². The second-order valence-electron chi connectivity index (χ2n) is 4.88. The molecule has 0 radical (unpaired) electrons. The standard InChI is InChI=1S/C18H16NO.BrH.H2O/c1-14(18(20)16-9-3-2-4-10-16)19-13-7-11-15-8-5-6-12-17(15)19;;/h2-14H,1H3;1H;1H2/q+1;;. The van der Waals surface area contributed by atoms with Crippen molar-refractivity contribution in [2.45, 2.75) is 13.0 Å². The molecule has 0 spiro atoms. The van der Waals surface area contributed by atoms with Crippen molar-refractivity contribution in [2.75, 3.05) is 0 Å². The molecule has 0 fully saturated rings. The number of aromatic nitrogens is 1. The maximum absolute atomic E-state index is 12.6. The van der Waals surface area contributed by atoms with Crippen molar-refractivity contribution in [3.63, 3.8) is 0 Å². The van der Waals surface area contributed by atoms with Gasteiger partial charge in [-0.3, -0.25) is 4.79 Å². The Bertz CT molecular complexity index is 754. The predicted molar refractivity (Wildman–Crippen MR) is 93.6 cm³/mol. The van der Waals surface area contributed by atoms with Gasteiger partial charge in [0.15, 0.2) is 6.20 Å². The monoisotopic (exact) mass is 360 g/mol. The Morgan fingerprint density at radius 1 is 0.909 bits per heavy atom. The van der Waals surface area contributed by atoms with Crippen molar-refractivity contribution < 1.29 is 14.8 Å². The summed E-state index contributed by atoms with van der Waals surface area (Å²) in [5.41, 5.74) is 1.83. The lowest BCUT2D eigenvalue weighted by Gasteiger charge is -2.08. The molecule has 3 nitrogen and oxygen atoms in total. The first kappa shape index (κ1) is 18.0. The largest absolute Gasteiger partial charge is 0.412 e. The van der Waals surface area contributed by atoms with Crippen LogP contribution in [-0.2, 0) is 0 Å². The number of pyridine rings is 1. The Kier molecular flexibility index (Phi) is 6.40. The van der Waals surface area contributed by atoms with Gasteiger partial charge in [0.05, 0.1) is 0 Å². The number of Topliss-reactive ketones (excluding diaryl/α,β-unsaturated/α-hetero) is 1. The minimum Gasteiger partial charge on any atom is -0.412 e. The zero-order valence-corrected chi connectivity index (χ0v) is 14.0. The number of hydrogen-bond donors (Lipinski definition) is 0. The summed E-state index contributed by atoms with van der Waals surface area (Å²) < 4.78 is 2.03. The highest BCUT2D eigenvalue weighted by Gasteiger charge is 2.25. The van der Waals surface area contributed by atoms with Crippen LogP contribution in [0, 0.1) is 0 Å². The maximum Gasteiger partial charge on any atom is 0.230 e. The number of carbonyl (C=O) groups excluding carboxylic acids is 1. The Balaban J connectivity index is 0.00000121. The van der Waals surface area contributed by atoms with Gasteiger partial charge < -0.3 is 5.48 Å². The van der Waals surface area contributed by atoms with Crippen molar-refractivity contribution in [1.82, 2.24) is 0 Å². The summed E-state index contributed by atoms with van der Waals surface area (Å²) in [6.45, 7) is 1.95. The number of benzene rings is 2. The SMILES string of the molecule is Br.CC(C(=O)c1ccccc1)[n+]1cccc2ccccc21.O. The van der Waals surface area contributed by atoms with E-state index in [-0.39, 0.29) is 34.3 Å². The fourth-order valence-corrected chi connectivity index (χ4v) is 2.49. The van der Waals surface area contributed by atoms with Crippen molar-refractivity contribution in [1.29, 1.82) is 0 Å². The lowest BCUT2D eigenvalue weighted by Crippen LogP contribution is -2.42. The predicted octanol–water partition coefficient (Wildman–Crippen LogP) is 3.32. The molecule has 0 saturated carbocycles. The summed E-state index contributed by atoms with van der Waals surface area (Å²) in [7, 11) is 0. The normalized spacial score (nSPS) is 11.1. The molecule has 0 saturated heterocycles. The molecular weight excluding hydrogens is 342 g/mol. The molecule has 1 aromatic heterocycles. The van der Waals surface area contributed by atoms with Crippen LogP contribution in [0.4, 0.5) is 0 Å². The summed E-state index contributed by atoms with van der Waals surface area (Å²) in [6, 6.07) is 21.4. The highest BCUT2D eigenvalue weighted by Crippen LogP contribution is 2.14. The third-order valence-electron chi connectivity index (χ3n) is 3.59. The van der Waals surface area contributed by atoms with E-state index in [0.29, 0.717) is 0 Å². The first-order chi connectivity index (χ1) is 9.77. The summed E-state index contributed by atoms with van der Waals surface area (Å²) in [6.07, 6.45) is 1.97. The number of carbonyl (C=O) groups is 1. The van der Waals surface area contributed by atoms with Gasteiger partial charge >= 0.3 is 0 Å². The van der Waals surface area contributed by atoms with Crippen LogP contribution in [0.3, 0.4) is 0 Å². The maximum atomic E-state index is 12.6. The Hall–Kier alpha value is -2.04. The molecule has 1 heterocycles. The summed E-state index contributed by atoms with van der Waals surface area (Å²) in [5, 5.41) is 1.14. The van der Waals surface area contributed by atoms with E-state index in [1.807, 2.05) is 72.3 Å². The molecule has 0 amide bonds. The van der Waals surface area contributed by atoms with Crippen LogP contribution in [0.5, 0.6) is 0 Å². The lowest BCUT2D eigenvalue weighted by molar-refractivity contribution is -0.679. The van der Waals surface area contributed by atoms with Crippen LogP contribution < -0.4 is 4.57 Å². The second-order valence-corrected chi connectivity index (χ2v) is 4.88. The molecule has 1 atom stereocenters. The van der Waals surface area contributed by atoms with Gasteiger partial charge in [0, 0.05) is 30.0 Å². The third-order valence-corrected chi connectivity index (χ3v) is 3.59. The number of ketones is 1. The van der Waals surface area contributed by atoms with E-state index in [2.05, 4.69) is 12.1 Å². The smallest absolute Gasteiger partial charge is 0.230 e. The molecule has 3 rings (SSSR count). The molecule has 0 bridgehead atoms. The Morgan fingerprint density at radius 3 is 2.23 bits per heavy atom. The van der Waals surface area contributed by atoms with Crippen LogP contribution in [0.1, 0.15) is 23.3 Å². The van der Waals surface area contributed by atoms with Gasteiger partial charge in [0.2, 0.25) is 17.3 Å². The van der Waals surface area contributed by atoms with E-state index in [1.54, 1.807) is 0 Å². The molecule has 0 aliphatic carbocycles. The lowest BCUT2D eigenvalue weighted by atomic mass is 10.0. The van der Waals surface area contributed by atoms with Crippen molar-refractivity contribution in [3.05, 3.63) is 78.5 Å². The summed E-state index contributed by atoms with van der Waals surface area (Å²) >= 11 is 0. The molecule has 2 N–H and O–H groups in total. The highest BCUT2D eigenvalue weighted by molar-refractivity contribution is 8.93. The number of hydrogen-bond acceptors (Lipinski definition) is 1. The van der Waals surface area contributed by atoms with Gasteiger partial charge in [0.1, 0.15) is 0 Å². The van der Waals surface area contributed by atoms with Crippen LogP contribution in [-0.4, -0.2) is 11.3 Å². The Morgan fingerprint density at radius 2 is 1.50 bits per heavy atom. The molecule has 114 valence electrons. The number of nitrogens with zero attached hydrogens (tertiary/aromatic N) is 1. The number of para-hydroxylation sites is 1. The average molecular weight is 361 g/mol. The fraction of sp³-hybridized carbons (Fsp3) is 0.111. The zero-order valence-electron chi connectivity index (χ0n) is 12.3. The minimum atomic E-state index is -0.219. The topological polar surface area (TPSA) is 52.5 Å². The quantitative estimate of drug-likeness (QED) is 0.522. The van der Waals surface area contributed by atoms with E-state index in [9.17, 15) is 4.79 Å². The van der Waals surface area contributed by atoms with Crippen LogP contribution in [0.25, 0.3) is 10.9 Å². The van der Waals surface area contributed by atoms with E-state index in [1.165, 1.54) is 0 Å². The van der Waals surface area contributed by atoms with Crippen LogP contribution >= 0.6 is 17.0 Å². The molecule has 1 unspecified atom stereocenters. The molecule has 0 aliphatic rings. The van der Waals surface area contributed by atoms with Gasteiger partial charge in [-0.2, -0.15) is 4.57 Å². The van der Waals surface area contributed by atoms with Gasteiger partial charge in [0.25, 0.3) is 0 Å². The fourth-order valence-electron chi connectivity index (χ4n) is 2.49. The van der Waals surface area contributed by atoms with E-state index in [0.717, 1.165) is 16.5 Å². The van der Waals surface area contributed by atoms with Gasteiger partial charge in [-0.1, -0.05) is 42.5 Å². The number of fused-ring (bicyclic) bond motifs is 1. The minimum absolute atomic E-state index is 0. The van der Waals surface area contributed by atoms with Gasteiger partial charge in [-0.05, 0) is 12.1 Å². The summed E-state index contributed by atoms with van der Waals surface area (Å²) in [4.78, 5) is 12.6. The first-order valence-electron chi connectivity index (χ1n) is 6.75. The second kappa shape index (κ2) is 7.82. The number of rotatable bonds is 3. The van der Waals surface area contributed by atoms with E-state index in [4.69, 9.17) is 0 Å². The molecule has 22 heavy (non-hydrogen) atoms. The van der Waals surface area contributed by atoms with Crippen molar-refractivity contribution in [3.8, 4) is 0 Å². The molecule has 0 aliphatic heterocycles. The van der Waals surface area contributed by atoms with Crippen molar-refractivity contribution in [2.24, 2.45) is 0 Å².